The molecule has 2 N–H and O–H groups in total. The van der Waals surface area contributed by atoms with Crippen molar-refractivity contribution in [3.8, 4) is 5.75 Å². The summed E-state index contributed by atoms with van der Waals surface area (Å²) in [6, 6.07) is 8.38. The predicted molar refractivity (Wildman–Crippen MR) is 89.0 cm³/mol. The first kappa shape index (κ1) is 15.8. The third-order valence-electron chi connectivity index (χ3n) is 5.43. The van der Waals surface area contributed by atoms with Gasteiger partial charge in [-0.1, -0.05) is 25.0 Å². The largest absolute Gasteiger partial charge is 0.497 e. The van der Waals surface area contributed by atoms with E-state index in [2.05, 4.69) is 12.2 Å². The van der Waals surface area contributed by atoms with E-state index in [0.717, 1.165) is 23.1 Å². The molecular formula is C19H29NO2. The van der Waals surface area contributed by atoms with Crippen LogP contribution in [0.5, 0.6) is 5.75 Å². The van der Waals surface area contributed by atoms with Gasteiger partial charge in [0.2, 0.25) is 0 Å². The maximum atomic E-state index is 10.6. The molecule has 1 aromatic rings. The molecule has 0 bridgehead atoms. The molecule has 2 saturated carbocycles. The van der Waals surface area contributed by atoms with Crippen LogP contribution in [-0.4, -0.2) is 24.3 Å². The van der Waals surface area contributed by atoms with E-state index in [9.17, 15) is 5.11 Å². The zero-order valence-corrected chi connectivity index (χ0v) is 13.8. The predicted octanol–water partition coefficient (Wildman–Crippen LogP) is 3.68. The Hall–Kier alpha value is -1.06. The van der Waals surface area contributed by atoms with Gasteiger partial charge >= 0.3 is 0 Å². The molecule has 0 unspecified atom stereocenters. The lowest BCUT2D eigenvalue weighted by Gasteiger charge is -2.33. The number of methoxy groups -OCH3 is 1. The van der Waals surface area contributed by atoms with Crippen molar-refractivity contribution in [2.45, 2.75) is 63.6 Å². The summed E-state index contributed by atoms with van der Waals surface area (Å²) in [5, 5.41) is 14.2. The zero-order chi connectivity index (χ0) is 15.5. The quantitative estimate of drug-likeness (QED) is 0.842. The molecule has 4 atom stereocenters. The molecule has 22 heavy (non-hydrogen) atoms. The molecule has 0 amide bonds. The lowest BCUT2D eigenvalue weighted by molar-refractivity contribution is 0.119. The number of benzene rings is 1. The minimum atomic E-state index is -0.466. The van der Waals surface area contributed by atoms with Gasteiger partial charge < -0.3 is 15.2 Å². The van der Waals surface area contributed by atoms with E-state index in [1.54, 1.807) is 7.11 Å². The number of nitrogens with one attached hydrogen (secondary N) is 1. The summed E-state index contributed by atoms with van der Waals surface area (Å²) in [7, 11) is 1.66. The summed E-state index contributed by atoms with van der Waals surface area (Å²) in [6.45, 7) is 2.09. The van der Waals surface area contributed by atoms with Crippen LogP contribution in [0, 0.1) is 11.8 Å². The van der Waals surface area contributed by atoms with Crippen LogP contribution < -0.4 is 10.1 Å². The molecule has 3 rings (SSSR count). The molecule has 0 aliphatic heterocycles. The molecule has 2 aliphatic rings. The zero-order valence-electron chi connectivity index (χ0n) is 13.8. The second-order valence-corrected chi connectivity index (χ2v) is 7.13. The molecule has 2 fully saturated rings. The minimum absolute atomic E-state index is 0.0800. The number of aliphatic hydroxyl groups is 1. The van der Waals surface area contributed by atoms with Crippen molar-refractivity contribution in [2.75, 3.05) is 7.11 Å². The highest BCUT2D eigenvalue weighted by Crippen LogP contribution is 2.44. The summed E-state index contributed by atoms with van der Waals surface area (Å²) in [5.41, 5.74) is 0.954. The first-order valence-electron chi connectivity index (χ1n) is 8.75. The van der Waals surface area contributed by atoms with Gasteiger partial charge in [0, 0.05) is 12.1 Å². The van der Waals surface area contributed by atoms with Crippen LogP contribution in [0.15, 0.2) is 24.3 Å². The van der Waals surface area contributed by atoms with Crippen LogP contribution >= 0.6 is 0 Å². The van der Waals surface area contributed by atoms with Crippen molar-refractivity contribution in [1.82, 2.24) is 5.32 Å². The number of hydrogen-bond donors (Lipinski definition) is 2. The van der Waals surface area contributed by atoms with Crippen molar-refractivity contribution >= 4 is 0 Å². The maximum Gasteiger partial charge on any atom is 0.118 e. The third kappa shape index (κ3) is 3.82. The molecule has 3 nitrogen and oxygen atoms in total. The maximum absolute atomic E-state index is 10.6. The highest BCUT2D eigenvalue weighted by Gasteiger charge is 2.35. The third-order valence-corrected chi connectivity index (χ3v) is 5.43. The van der Waals surface area contributed by atoms with E-state index in [4.69, 9.17) is 4.74 Å². The topological polar surface area (TPSA) is 41.5 Å². The average molecular weight is 303 g/mol. The molecule has 1 aromatic carbocycles. The van der Waals surface area contributed by atoms with Crippen LogP contribution in [0.25, 0.3) is 0 Å². The van der Waals surface area contributed by atoms with E-state index < -0.39 is 6.10 Å². The fourth-order valence-corrected chi connectivity index (χ4v) is 3.93. The van der Waals surface area contributed by atoms with E-state index >= 15 is 0 Å². The van der Waals surface area contributed by atoms with Gasteiger partial charge in [-0.05, 0) is 62.1 Å². The average Bonchev–Trinajstić information content (AvgIpc) is 3.39. The van der Waals surface area contributed by atoms with Gasteiger partial charge in [0.25, 0.3) is 0 Å². The number of aliphatic hydroxyl groups excluding tert-OH is 1. The number of rotatable bonds is 6. The lowest BCUT2D eigenvalue weighted by Crippen LogP contribution is -2.42. The summed E-state index contributed by atoms with van der Waals surface area (Å²) in [4.78, 5) is 0. The SMILES string of the molecule is COc1ccc([C@H](O)[C@H](C)N[C@H]2CCC[C@H](C3CC3)C2)cc1. The van der Waals surface area contributed by atoms with Crippen molar-refractivity contribution in [1.29, 1.82) is 0 Å². The van der Waals surface area contributed by atoms with Crippen molar-refractivity contribution in [2.24, 2.45) is 11.8 Å². The molecule has 0 aromatic heterocycles. The summed E-state index contributed by atoms with van der Waals surface area (Å²) < 4.78 is 5.17. The van der Waals surface area contributed by atoms with E-state index in [1.165, 1.54) is 38.5 Å². The van der Waals surface area contributed by atoms with Crippen LogP contribution in [0.4, 0.5) is 0 Å². The highest BCUT2D eigenvalue weighted by atomic mass is 16.5. The van der Waals surface area contributed by atoms with Gasteiger partial charge in [-0.25, -0.2) is 0 Å². The molecule has 3 heteroatoms. The fraction of sp³-hybridized carbons (Fsp3) is 0.684. The Morgan fingerprint density at radius 2 is 1.82 bits per heavy atom. The summed E-state index contributed by atoms with van der Waals surface area (Å²) in [5.74, 6) is 2.76. The van der Waals surface area contributed by atoms with Crippen LogP contribution in [0.2, 0.25) is 0 Å². The minimum Gasteiger partial charge on any atom is -0.497 e. The Bertz CT molecular complexity index is 469. The fourth-order valence-electron chi connectivity index (χ4n) is 3.93. The smallest absolute Gasteiger partial charge is 0.118 e. The Balaban J connectivity index is 1.54. The first-order chi connectivity index (χ1) is 10.7. The van der Waals surface area contributed by atoms with Gasteiger partial charge in [-0.2, -0.15) is 0 Å². The Kier molecular flexibility index (Phi) is 5.04. The second kappa shape index (κ2) is 7.01. The number of hydrogen-bond acceptors (Lipinski definition) is 3. The number of ether oxygens (including phenoxy) is 1. The second-order valence-electron chi connectivity index (χ2n) is 7.13. The van der Waals surface area contributed by atoms with Crippen molar-refractivity contribution in [3.63, 3.8) is 0 Å². The lowest BCUT2D eigenvalue weighted by atomic mass is 9.82. The first-order valence-corrected chi connectivity index (χ1v) is 8.75. The Morgan fingerprint density at radius 3 is 2.45 bits per heavy atom. The Labute approximate surface area is 134 Å². The summed E-state index contributed by atoms with van der Waals surface area (Å²) in [6.07, 6.45) is 7.73. The van der Waals surface area contributed by atoms with E-state index in [0.29, 0.717) is 6.04 Å². The monoisotopic (exact) mass is 303 g/mol. The molecule has 2 aliphatic carbocycles. The van der Waals surface area contributed by atoms with E-state index in [1.807, 2.05) is 24.3 Å². The van der Waals surface area contributed by atoms with Gasteiger partial charge in [-0.15, -0.1) is 0 Å². The molecule has 122 valence electrons. The van der Waals surface area contributed by atoms with Crippen LogP contribution in [0.1, 0.15) is 57.1 Å². The molecule has 0 saturated heterocycles. The summed E-state index contributed by atoms with van der Waals surface area (Å²) >= 11 is 0. The van der Waals surface area contributed by atoms with Gasteiger partial charge in [0.1, 0.15) is 5.75 Å². The molecular weight excluding hydrogens is 274 g/mol. The molecule has 0 radical (unpaired) electrons. The van der Waals surface area contributed by atoms with Crippen LogP contribution in [0.3, 0.4) is 0 Å². The molecule has 0 heterocycles. The Morgan fingerprint density at radius 1 is 1.09 bits per heavy atom. The van der Waals surface area contributed by atoms with Crippen molar-refractivity contribution in [3.05, 3.63) is 29.8 Å². The standard InChI is InChI=1S/C19H29NO2/c1-13(19(21)15-8-10-18(22-2)11-9-15)20-17-5-3-4-16(12-17)14-6-7-14/h8-11,13-14,16-17,19-21H,3-7,12H2,1-2H3/t13-,16-,17-,19+/m0/s1. The van der Waals surface area contributed by atoms with Crippen molar-refractivity contribution < 1.29 is 9.84 Å². The van der Waals surface area contributed by atoms with Gasteiger partial charge in [-0.3, -0.25) is 0 Å². The van der Waals surface area contributed by atoms with Gasteiger partial charge in [0.05, 0.1) is 13.2 Å². The van der Waals surface area contributed by atoms with Gasteiger partial charge in [0.15, 0.2) is 0 Å². The normalized spacial score (nSPS) is 28.1. The highest BCUT2D eigenvalue weighted by molar-refractivity contribution is 5.29. The molecule has 0 spiro atoms. The van der Waals surface area contributed by atoms with Crippen LogP contribution in [-0.2, 0) is 0 Å². The van der Waals surface area contributed by atoms with E-state index in [-0.39, 0.29) is 6.04 Å².